The largest absolute Gasteiger partial charge is 0.496 e. The van der Waals surface area contributed by atoms with Crippen LogP contribution >= 0.6 is 11.8 Å². The van der Waals surface area contributed by atoms with Gasteiger partial charge in [-0.25, -0.2) is 4.98 Å². The fourth-order valence-electron chi connectivity index (χ4n) is 3.46. The number of benzene rings is 2. The first kappa shape index (κ1) is 18.6. The van der Waals surface area contributed by atoms with Gasteiger partial charge in [0.25, 0.3) is 0 Å². The van der Waals surface area contributed by atoms with Gasteiger partial charge in [-0.2, -0.15) is 0 Å². The maximum absolute atomic E-state index is 11.4. The molecular weight excluding hydrogens is 374 g/mol. The van der Waals surface area contributed by atoms with Crippen LogP contribution < -0.4 is 14.8 Å². The van der Waals surface area contributed by atoms with Gasteiger partial charge in [0.2, 0.25) is 5.91 Å². The molecule has 0 radical (unpaired) electrons. The van der Waals surface area contributed by atoms with Crippen LogP contribution in [0.4, 0.5) is 0 Å². The third-order valence-electron chi connectivity index (χ3n) is 4.91. The highest BCUT2D eigenvalue weighted by Crippen LogP contribution is 2.37. The lowest BCUT2D eigenvalue weighted by atomic mass is 10.0. The average molecular weight is 395 g/mol. The molecular formula is C21H21N3O3S. The maximum Gasteiger partial charge on any atom is 0.230 e. The topological polar surface area (TPSA) is 73.3 Å². The summed E-state index contributed by atoms with van der Waals surface area (Å²) in [6.07, 6.45) is 2.54. The second-order valence-electron chi connectivity index (χ2n) is 6.58. The number of ether oxygens (including phenoxy) is 2. The average Bonchev–Trinajstić information content (AvgIpc) is 3.13. The molecule has 0 aliphatic carbocycles. The highest BCUT2D eigenvalue weighted by atomic mass is 32.2. The summed E-state index contributed by atoms with van der Waals surface area (Å²) >= 11 is 1.64. The van der Waals surface area contributed by atoms with Gasteiger partial charge in [-0.05, 0) is 36.2 Å². The Kier molecular flexibility index (Phi) is 5.09. The Morgan fingerprint density at radius 3 is 2.57 bits per heavy atom. The van der Waals surface area contributed by atoms with Crippen LogP contribution in [0.5, 0.6) is 11.5 Å². The molecule has 1 atom stereocenters. The Morgan fingerprint density at radius 1 is 1.18 bits per heavy atom. The molecule has 0 saturated carbocycles. The molecule has 28 heavy (non-hydrogen) atoms. The van der Waals surface area contributed by atoms with Crippen molar-refractivity contribution in [1.29, 1.82) is 0 Å². The molecule has 1 N–H and O–H groups in total. The van der Waals surface area contributed by atoms with Crippen molar-refractivity contribution in [3.8, 4) is 22.8 Å². The molecule has 2 heterocycles. The minimum atomic E-state index is 0.101. The zero-order chi connectivity index (χ0) is 19.7. The maximum atomic E-state index is 11.4. The number of thioether (sulfide) groups is 1. The molecule has 144 valence electrons. The lowest BCUT2D eigenvalue weighted by molar-refractivity contribution is -0.118. The molecule has 1 aliphatic heterocycles. The highest BCUT2D eigenvalue weighted by Gasteiger charge is 2.23. The number of methoxy groups -OCH3 is 2. The summed E-state index contributed by atoms with van der Waals surface area (Å²) in [6, 6.07) is 9.70. The van der Waals surface area contributed by atoms with Crippen LogP contribution in [0.15, 0.2) is 36.5 Å². The summed E-state index contributed by atoms with van der Waals surface area (Å²) in [6.45, 7) is 2.05. The van der Waals surface area contributed by atoms with Crippen LogP contribution in [0, 0.1) is 6.92 Å². The molecule has 1 unspecified atom stereocenters. The number of nitrogens with one attached hydrogen (secondary N) is 1. The quantitative estimate of drug-likeness (QED) is 0.714. The van der Waals surface area contributed by atoms with Gasteiger partial charge in [0.05, 0.1) is 53.8 Å². The summed E-state index contributed by atoms with van der Waals surface area (Å²) in [4.78, 5) is 20.9. The fraction of sp³-hybridized carbons (Fsp3) is 0.286. The third kappa shape index (κ3) is 3.38. The van der Waals surface area contributed by atoms with E-state index < -0.39 is 0 Å². The number of carbonyl (C=O) groups excluding carboxylic acids is 1. The monoisotopic (exact) mass is 395 g/mol. The molecule has 0 spiro atoms. The predicted molar refractivity (Wildman–Crippen MR) is 111 cm³/mol. The minimum absolute atomic E-state index is 0.101. The van der Waals surface area contributed by atoms with Gasteiger partial charge in [-0.3, -0.25) is 9.78 Å². The van der Waals surface area contributed by atoms with Crippen molar-refractivity contribution in [2.24, 2.45) is 0 Å². The lowest BCUT2D eigenvalue weighted by Gasteiger charge is -2.15. The van der Waals surface area contributed by atoms with E-state index in [9.17, 15) is 4.79 Å². The van der Waals surface area contributed by atoms with Crippen LogP contribution in [0.25, 0.3) is 22.3 Å². The zero-order valence-electron chi connectivity index (χ0n) is 16.0. The second kappa shape index (κ2) is 7.67. The van der Waals surface area contributed by atoms with E-state index in [-0.39, 0.29) is 11.3 Å². The van der Waals surface area contributed by atoms with Crippen LogP contribution in [-0.4, -0.2) is 41.2 Å². The summed E-state index contributed by atoms with van der Waals surface area (Å²) < 4.78 is 11.0. The van der Waals surface area contributed by atoms with Gasteiger partial charge >= 0.3 is 0 Å². The van der Waals surface area contributed by atoms with Gasteiger partial charge in [0.1, 0.15) is 11.5 Å². The summed E-state index contributed by atoms with van der Waals surface area (Å²) in [5.41, 5.74) is 5.43. The third-order valence-corrected chi connectivity index (χ3v) is 6.02. The molecule has 0 bridgehead atoms. The molecule has 4 rings (SSSR count). The van der Waals surface area contributed by atoms with E-state index in [4.69, 9.17) is 19.4 Å². The molecule has 1 saturated heterocycles. The van der Waals surface area contributed by atoms with Crippen molar-refractivity contribution in [2.45, 2.75) is 18.7 Å². The van der Waals surface area contributed by atoms with Crippen molar-refractivity contribution in [1.82, 2.24) is 15.3 Å². The van der Waals surface area contributed by atoms with E-state index in [1.807, 2.05) is 24.3 Å². The van der Waals surface area contributed by atoms with Gasteiger partial charge in [-0.15, -0.1) is 11.8 Å². The molecule has 6 nitrogen and oxygen atoms in total. The standard InChI is InChI=1S/C21H21N3O3S/c1-12-13(9-19-24-18(25)11-28-19)7-8-14-21(12)22-10-15(23-14)20-16(26-2)5-4-6-17(20)27-3/h4-8,10,19H,9,11H2,1-3H3,(H,24,25). The minimum Gasteiger partial charge on any atom is -0.496 e. The number of hydrogen-bond donors (Lipinski definition) is 1. The van der Waals surface area contributed by atoms with Crippen LogP contribution in [0.2, 0.25) is 0 Å². The SMILES string of the molecule is COc1cccc(OC)c1-c1cnc2c(C)c(CC3NC(=O)CS3)ccc2n1. The van der Waals surface area contributed by atoms with Gasteiger partial charge in [-0.1, -0.05) is 12.1 Å². The van der Waals surface area contributed by atoms with E-state index in [1.54, 1.807) is 32.2 Å². The summed E-state index contributed by atoms with van der Waals surface area (Å²) in [5, 5.41) is 3.11. The van der Waals surface area contributed by atoms with Crippen molar-refractivity contribution >= 4 is 28.7 Å². The van der Waals surface area contributed by atoms with E-state index in [2.05, 4.69) is 18.3 Å². The number of aryl methyl sites for hydroxylation is 1. The number of amides is 1. The Hall–Kier alpha value is -2.80. The van der Waals surface area contributed by atoms with E-state index in [1.165, 1.54) is 5.56 Å². The highest BCUT2D eigenvalue weighted by molar-refractivity contribution is 8.01. The van der Waals surface area contributed by atoms with E-state index in [0.717, 1.165) is 28.6 Å². The molecule has 3 aromatic rings. The van der Waals surface area contributed by atoms with Crippen molar-refractivity contribution in [3.05, 3.63) is 47.7 Å². The molecule has 1 aliphatic rings. The van der Waals surface area contributed by atoms with Crippen molar-refractivity contribution in [3.63, 3.8) is 0 Å². The summed E-state index contributed by atoms with van der Waals surface area (Å²) in [5.74, 6) is 2.01. The normalized spacial score (nSPS) is 16.2. The number of carbonyl (C=O) groups is 1. The van der Waals surface area contributed by atoms with Gasteiger partial charge in [0, 0.05) is 6.42 Å². The first-order chi connectivity index (χ1) is 13.6. The van der Waals surface area contributed by atoms with Gasteiger partial charge in [0.15, 0.2) is 0 Å². The van der Waals surface area contributed by atoms with Crippen molar-refractivity contribution in [2.75, 3.05) is 20.0 Å². The summed E-state index contributed by atoms with van der Waals surface area (Å²) in [7, 11) is 3.26. The number of aromatic nitrogens is 2. The number of fused-ring (bicyclic) bond motifs is 1. The van der Waals surface area contributed by atoms with Crippen LogP contribution in [-0.2, 0) is 11.2 Å². The number of rotatable bonds is 5. The number of nitrogens with zero attached hydrogens (tertiary/aromatic N) is 2. The zero-order valence-corrected chi connectivity index (χ0v) is 16.8. The van der Waals surface area contributed by atoms with E-state index >= 15 is 0 Å². The fourth-order valence-corrected chi connectivity index (χ4v) is 4.41. The predicted octanol–water partition coefficient (Wildman–Crippen LogP) is 3.35. The van der Waals surface area contributed by atoms with Crippen LogP contribution in [0.3, 0.4) is 0 Å². The molecule has 2 aromatic carbocycles. The molecule has 7 heteroatoms. The lowest BCUT2D eigenvalue weighted by Crippen LogP contribution is -2.26. The first-order valence-electron chi connectivity index (χ1n) is 8.98. The smallest absolute Gasteiger partial charge is 0.230 e. The van der Waals surface area contributed by atoms with Crippen molar-refractivity contribution < 1.29 is 14.3 Å². The Labute approximate surface area is 167 Å². The molecule has 1 aromatic heterocycles. The Balaban J connectivity index is 1.73. The Morgan fingerprint density at radius 2 is 1.93 bits per heavy atom. The molecule has 1 amide bonds. The van der Waals surface area contributed by atoms with E-state index in [0.29, 0.717) is 22.9 Å². The number of hydrogen-bond acceptors (Lipinski definition) is 6. The molecule has 1 fully saturated rings. The van der Waals surface area contributed by atoms with Crippen LogP contribution in [0.1, 0.15) is 11.1 Å². The van der Waals surface area contributed by atoms with Gasteiger partial charge < -0.3 is 14.8 Å². The second-order valence-corrected chi connectivity index (χ2v) is 7.77. The Bertz CT molecular complexity index is 1030. The first-order valence-corrected chi connectivity index (χ1v) is 10.0.